The smallest absolute Gasteiger partial charge is 0.257 e. The van der Waals surface area contributed by atoms with Gasteiger partial charge in [-0.05, 0) is 24.3 Å². The second kappa shape index (κ2) is 10.6. The Balaban J connectivity index is 1.72. The van der Waals surface area contributed by atoms with Gasteiger partial charge in [0.05, 0.1) is 22.7 Å². The molecule has 162 valence electrons. The average molecular weight is 466 g/mol. The third kappa shape index (κ3) is 5.56. The molecule has 32 heavy (non-hydrogen) atoms. The highest BCUT2D eigenvalue weighted by molar-refractivity contribution is 7.89. The number of benzene rings is 2. The fourth-order valence-electron chi connectivity index (χ4n) is 2.87. The maximum absolute atomic E-state index is 12.9. The summed E-state index contributed by atoms with van der Waals surface area (Å²) < 4.78 is 26.8. The van der Waals surface area contributed by atoms with Crippen LogP contribution in [0.4, 0.5) is 5.13 Å². The van der Waals surface area contributed by atoms with E-state index >= 15 is 0 Å². The molecule has 0 spiro atoms. The van der Waals surface area contributed by atoms with E-state index in [0.717, 1.165) is 15.6 Å². The first-order chi connectivity index (χ1) is 15.5. The molecule has 1 amide bonds. The molecule has 0 aliphatic rings. The van der Waals surface area contributed by atoms with Crippen molar-refractivity contribution in [3.63, 3.8) is 0 Å². The van der Waals surface area contributed by atoms with E-state index in [1.807, 2.05) is 47.9 Å². The average Bonchev–Trinajstić information content (AvgIpc) is 3.28. The predicted molar refractivity (Wildman–Crippen MR) is 121 cm³/mol. The monoisotopic (exact) mass is 465 g/mol. The third-order valence-electron chi connectivity index (χ3n) is 4.49. The quantitative estimate of drug-likeness (QED) is 0.511. The van der Waals surface area contributed by atoms with E-state index in [0.29, 0.717) is 5.13 Å². The van der Waals surface area contributed by atoms with Crippen LogP contribution in [0.3, 0.4) is 0 Å². The Morgan fingerprint density at radius 3 is 2.22 bits per heavy atom. The van der Waals surface area contributed by atoms with E-state index in [1.165, 1.54) is 35.6 Å². The maximum atomic E-state index is 12.9. The number of amides is 1. The molecule has 0 atom stereocenters. The molecule has 0 radical (unpaired) electrons. The number of nitriles is 2. The Morgan fingerprint density at radius 2 is 1.62 bits per heavy atom. The highest BCUT2D eigenvalue weighted by Gasteiger charge is 2.24. The summed E-state index contributed by atoms with van der Waals surface area (Å²) in [5, 5.41) is 22.6. The van der Waals surface area contributed by atoms with Crippen molar-refractivity contribution in [3.05, 3.63) is 65.5 Å². The van der Waals surface area contributed by atoms with E-state index in [1.54, 1.807) is 0 Å². The molecular formula is C22H19N5O3S2. The number of anilines is 1. The SMILES string of the molecule is N#CCCN(CCC#N)S(=O)(=O)c1ccc(C(=O)Nc2nc(-c3ccccc3)cs2)cc1. The molecule has 3 aromatic rings. The summed E-state index contributed by atoms with van der Waals surface area (Å²) in [5.74, 6) is -0.409. The second-order valence-corrected chi connectivity index (χ2v) is 9.40. The zero-order valence-electron chi connectivity index (χ0n) is 16.9. The van der Waals surface area contributed by atoms with Crippen LogP contribution < -0.4 is 5.32 Å². The van der Waals surface area contributed by atoms with E-state index in [-0.39, 0.29) is 36.4 Å². The third-order valence-corrected chi connectivity index (χ3v) is 7.17. The van der Waals surface area contributed by atoms with Crippen LogP contribution in [0.1, 0.15) is 23.2 Å². The molecule has 1 aromatic heterocycles. The normalized spacial score (nSPS) is 11.0. The van der Waals surface area contributed by atoms with Gasteiger partial charge in [-0.3, -0.25) is 10.1 Å². The maximum Gasteiger partial charge on any atom is 0.257 e. The largest absolute Gasteiger partial charge is 0.298 e. The molecule has 0 fully saturated rings. The molecule has 1 N–H and O–H groups in total. The highest BCUT2D eigenvalue weighted by atomic mass is 32.2. The fraction of sp³-hybridized carbons (Fsp3) is 0.182. The number of nitrogens with zero attached hydrogens (tertiary/aromatic N) is 4. The molecule has 0 saturated heterocycles. The van der Waals surface area contributed by atoms with Gasteiger partial charge in [-0.15, -0.1) is 11.3 Å². The molecule has 0 bridgehead atoms. The van der Waals surface area contributed by atoms with Crippen LogP contribution in [-0.2, 0) is 10.0 Å². The zero-order valence-corrected chi connectivity index (χ0v) is 18.6. The molecule has 0 aliphatic carbocycles. The number of carbonyl (C=O) groups is 1. The van der Waals surface area contributed by atoms with Gasteiger partial charge in [0, 0.05) is 42.4 Å². The van der Waals surface area contributed by atoms with Crippen LogP contribution in [-0.4, -0.2) is 36.7 Å². The Hall–Kier alpha value is -3.57. The molecule has 0 unspecified atom stereocenters. The summed E-state index contributed by atoms with van der Waals surface area (Å²) in [6.45, 7) is -0.00685. The van der Waals surface area contributed by atoms with Crippen molar-refractivity contribution in [2.45, 2.75) is 17.7 Å². The Bertz CT molecular complexity index is 1240. The van der Waals surface area contributed by atoms with Gasteiger partial charge < -0.3 is 0 Å². The first kappa shape index (κ1) is 23.1. The standard InChI is InChI=1S/C22H19N5O3S2/c23-12-4-14-27(15-5-13-24)32(29,30)19-10-8-18(9-11-19)21(28)26-22-25-20(16-31-22)17-6-2-1-3-7-17/h1-3,6-11,16H,4-5,14-15H2,(H,25,26,28). The van der Waals surface area contributed by atoms with Crippen molar-refractivity contribution in [1.82, 2.24) is 9.29 Å². The molecule has 10 heteroatoms. The summed E-state index contributed by atoms with van der Waals surface area (Å²) in [7, 11) is -3.89. The van der Waals surface area contributed by atoms with Crippen molar-refractivity contribution < 1.29 is 13.2 Å². The van der Waals surface area contributed by atoms with Gasteiger partial charge >= 0.3 is 0 Å². The molecule has 8 nitrogen and oxygen atoms in total. The summed E-state index contributed by atoms with van der Waals surface area (Å²) >= 11 is 1.30. The minimum absolute atomic E-state index is 0.00343. The van der Waals surface area contributed by atoms with E-state index in [2.05, 4.69) is 10.3 Å². The number of sulfonamides is 1. The number of aromatic nitrogens is 1. The number of hydrogen-bond acceptors (Lipinski definition) is 7. The minimum atomic E-state index is -3.89. The van der Waals surface area contributed by atoms with Crippen molar-refractivity contribution in [3.8, 4) is 23.4 Å². The number of thiazole rings is 1. The lowest BCUT2D eigenvalue weighted by Gasteiger charge is -2.20. The van der Waals surface area contributed by atoms with Crippen LogP contribution in [0.2, 0.25) is 0 Å². The molecule has 0 saturated carbocycles. The summed E-state index contributed by atoms with van der Waals surface area (Å²) in [4.78, 5) is 17.0. The zero-order chi connectivity index (χ0) is 23.0. The lowest BCUT2D eigenvalue weighted by Crippen LogP contribution is -2.32. The molecule has 2 aromatic carbocycles. The van der Waals surface area contributed by atoms with Crippen LogP contribution >= 0.6 is 11.3 Å². The Labute approximate surface area is 190 Å². The summed E-state index contributed by atoms with van der Waals surface area (Å²) in [6, 6.07) is 18.9. The van der Waals surface area contributed by atoms with Gasteiger partial charge in [0.2, 0.25) is 10.0 Å². The summed E-state index contributed by atoms with van der Waals surface area (Å²) in [6.07, 6.45) is 0.0356. The van der Waals surface area contributed by atoms with E-state index in [4.69, 9.17) is 10.5 Å². The second-order valence-electron chi connectivity index (χ2n) is 6.60. The Kier molecular flexibility index (Phi) is 7.68. The van der Waals surface area contributed by atoms with Gasteiger partial charge in [-0.25, -0.2) is 13.4 Å². The van der Waals surface area contributed by atoms with Crippen molar-refractivity contribution in [2.75, 3.05) is 18.4 Å². The topological polar surface area (TPSA) is 127 Å². The molecule has 0 aliphatic heterocycles. The number of hydrogen-bond donors (Lipinski definition) is 1. The molecule has 1 heterocycles. The lowest BCUT2D eigenvalue weighted by atomic mass is 10.2. The van der Waals surface area contributed by atoms with Crippen molar-refractivity contribution in [1.29, 1.82) is 10.5 Å². The Morgan fingerprint density at radius 1 is 1.00 bits per heavy atom. The predicted octanol–water partition coefficient (Wildman–Crippen LogP) is 3.88. The lowest BCUT2D eigenvalue weighted by molar-refractivity contribution is 0.102. The summed E-state index contributed by atoms with van der Waals surface area (Å²) in [5.41, 5.74) is 1.97. The van der Waals surface area contributed by atoms with Crippen LogP contribution in [0, 0.1) is 22.7 Å². The van der Waals surface area contributed by atoms with Gasteiger partial charge in [0.15, 0.2) is 5.13 Å². The van der Waals surface area contributed by atoms with Gasteiger partial charge in [0.25, 0.3) is 5.91 Å². The van der Waals surface area contributed by atoms with Crippen LogP contribution in [0.25, 0.3) is 11.3 Å². The minimum Gasteiger partial charge on any atom is -0.298 e. The van der Waals surface area contributed by atoms with Crippen LogP contribution in [0.5, 0.6) is 0 Å². The number of rotatable bonds is 9. The molecule has 3 rings (SSSR count). The van der Waals surface area contributed by atoms with Crippen LogP contribution in [0.15, 0.2) is 64.9 Å². The van der Waals surface area contributed by atoms with E-state index < -0.39 is 15.9 Å². The number of nitrogens with one attached hydrogen (secondary N) is 1. The van der Waals surface area contributed by atoms with Gasteiger partial charge in [-0.1, -0.05) is 30.3 Å². The van der Waals surface area contributed by atoms with Gasteiger partial charge in [0.1, 0.15) is 0 Å². The fourth-order valence-corrected chi connectivity index (χ4v) is 5.03. The first-order valence-electron chi connectivity index (χ1n) is 9.62. The van der Waals surface area contributed by atoms with Gasteiger partial charge in [-0.2, -0.15) is 14.8 Å². The van der Waals surface area contributed by atoms with E-state index in [9.17, 15) is 13.2 Å². The van der Waals surface area contributed by atoms with Crippen molar-refractivity contribution >= 4 is 32.4 Å². The van der Waals surface area contributed by atoms with Crippen molar-refractivity contribution in [2.24, 2.45) is 0 Å². The number of carbonyl (C=O) groups excluding carboxylic acids is 1. The molecular weight excluding hydrogens is 446 g/mol. The highest BCUT2D eigenvalue weighted by Crippen LogP contribution is 2.25. The first-order valence-corrected chi connectivity index (χ1v) is 11.9.